The molecule has 1 aromatic heterocycles. The van der Waals surface area contributed by atoms with Gasteiger partial charge in [0, 0.05) is 12.7 Å². The number of carbonyl (C=O) groups excluding carboxylic acids is 2. The van der Waals surface area contributed by atoms with Crippen LogP contribution in [0.4, 0.5) is 0 Å². The molecule has 0 bridgehead atoms. The Morgan fingerprint density at radius 1 is 1.33 bits per heavy atom. The summed E-state index contributed by atoms with van der Waals surface area (Å²) in [4.78, 5) is 26.2. The molecule has 0 aliphatic heterocycles. The van der Waals surface area contributed by atoms with E-state index in [2.05, 4.69) is 15.6 Å². The van der Waals surface area contributed by atoms with Gasteiger partial charge in [-0.1, -0.05) is 0 Å². The lowest BCUT2D eigenvalue weighted by atomic mass is 10.2. The van der Waals surface area contributed by atoms with E-state index >= 15 is 0 Å². The maximum atomic E-state index is 11.6. The first-order chi connectivity index (χ1) is 8.15. The quantitative estimate of drug-likeness (QED) is 0.632. The second-order valence-electron chi connectivity index (χ2n) is 3.51. The predicted octanol–water partition coefficient (Wildman–Crippen LogP) is -0.0584. The molecule has 1 heterocycles. The van der Waals surface area contributed by atoms with Gasteiger partial charge in [-0.2, -0.15) is 0 Å². The maximum Gasteiger partial charge on any atom is 0.269 e. The van der Waals surface area contributed by atoms with Crippen molar-refractivity contribution in [2.45, 2.75) is 6.42 Å². The van der Waals surface area contributed by atoms with Crippen molar-refractivity contribution >= 4 is 24.2 Å². The molecule has 4 N–H and O–H groups in total. The number of pyridine rings is 1. The summed E-state index contributed by atoms with van der Waals surface area (Å²) in [6, 6.07) is 2.96. The number of aromatic nitrogens is 1. The van der Waals surface area contributed by atoms with E-state index in [1.54, 1.807) is 0 Å². The van der Waals surface area contributed by atoms with Crippen LogP contribution in [0.1, 0.15) is 27.3 Å². The van der Waals surface area contributed by atoms with Crippen molar-refractivity contribution in [2.24, 2.45) is 5.73 Å². The number of carbonyl (C=O) groups is 2. The van der Waals surface area contributed by atoms with Crippen molar-refractivity contribution < 1.29 is 9.59 Å². The average Bonchev–Trinajstić information content (AvgIpc) is 2.34. The minimum atomic E-state index is -0.557. The monoisotopic (exact) mass is 272 g/mol. The number of halogens is 1. The molecule has 0 saturated heterocycles. The van der Waals surface area contributed by atoms with E-state index in [1.807, 2.05) is 7.05 Å². The van der Waals surface area contributed by atoms with Crippen LogP contribution in [0.5, 0.6) is 0 Å². The van der Waals surface area contributed by atoms with Gasteiger partial charge >= 0.3 is 0 Å². The zero-order valence-electron chi connectivity index (χ0n) is 10.1. The lowest BCUT2D eigenvalue weighted by molar-refractivity contribution is 0.0945. The topological polar surface area (TPSA) is 97.1 Å². The minimum absolute atomic E-state index is 0. The summed E-state index contributed by atoms with van der Waals surface area (Å²) in [5.41, 5.74) is 5.63. The van der Waals surface area contributed by atoms with Crippen molar-refractivity contribution in [1.29, 1.82) is 0 Å². The molecule has 0 unspecified atom stereocenters. The number of hydrogen-bond acceptors (Lipinski definition) is 4. The standard InChI is InChI=1S/C11H16N4O2.ClH/c1-13-5-2-6-14-11(17)9-4-3-8(7-15-9)10(12)16;/h3-4,7,13H,2,5-6H2,1H3,(H2,12,16)(H,14,17);1H. The summed E-state index contributed by atoms with van der Waals surface area (Å²) in [7, 11) is 1.85. The SMILES string of the molecule is CNCCCNC(=O)c1ccc(C(N)=O)cn1.Cl. The fraction of sp³-hybridized carbons (Fsp3) is 0.364. The number of nitrogens with two attached hydrogens (primary N) is 1. The first-order valence-corrected chi connectivity index (χ1v) is 5.34. The maximum absolute atomic E-state index is 11.6. The lowest BCUT2D eigenvalue weighted by Crippen LogP contribution is -2.27. The van der Waals surface area contributed by atoms with Gasteiger partial charge in [-0.25, -0.2) is 0 Å². The molecule has 0 aliphatic carbocycles. The molecule has 0 fully saturated rings. The molecule has 100 valence electrons. The van der Waals surface area contributed by atoms with Crippen molar-refractivity contribution in [3.8, 4) is 0 Å². The zero-order chi connectivity index (χ0) is 12.7. The third kappa shape index (κ3) is 5.11. The second-order valence-corrected chi connectivity index (χ2v) is 3.51. The van der Waals surface area contributed by atoms with E-state index < -0.39 is 5.91 Å². The Bertz CT molecular complexity index is 395. The van der Waals surface area contributed by atoms with E-state index in [-0.39, 0.29) is 29.6 Å². The third-order valence-corrected chi connectivity index (χ3v) is 2.17. The zero-order valence-corrected chi connectivity index (χ0v) is 10.9. The molecular weight excluding hydrogens is 256 g/mol. The van der Waals surface area contributed by atoms with E-state index in [0.29, 0.717) is 6.54 Å². The molecule has 18 heavy (non-hydrogen) atoms. The Morgan fingerprint density at radius 2 is 2.06 bits per heavy atom. The fourth-order valence-corrected chi connectivity index (χ4v) is 1.23. The smallest absolute Gasteiger partial charge is 0.269 e. The molecule has 0 atom stereocenters. The van der Waals surface area contributed by atoms with Crippen LogP contribution >= 0.6 is 12.4 Å². The van der Waals surface area contributed by atoms with Gasteiger partial charge < -0.3 is 16.4 Å². The fourth-order valence-electron chi connectivity index (χ4n) is 1.23. The Labute approximate surface area is 112 Å². The second kappa shape index (κ2) is 8.43. The van der Waals surface area contributed by atoms with Gasteiger partial charge in [-0.05, 0) is 32.1 Å². The minimum Gasteiger partial charge on any atom is -0.366 e. The Balaban J connectivity index is 0.00000289. The summed E-state index contributed by atoms with van der Waals surface area (Å²) in [6.07, 6.45) is 2.15. The highest BCUT2D eigenvalue weighted by molar-refractivity contribution is 5.95. The highest BCUT2D eigenvalue weighted by atomic mass is 35.5. The number of nitrogens with zero attached hydrogens (tertiary/aromatic N) is 1. The van der Waals surface area contributed by atoms with Gasteiger partial charge in [0.05, 0.1) is 5.56 Å². The molecule has 6 nitrogen and oxygen atoms in total. The summed E-state index contributed by atoms with van der Waals surface area (Å²) < 4.78 is 0. The van der Waals surface area contributed by atoms with Crippen molar-refractivity contribution in [1.82, 2.24) is 15.6 Å². The summed E-state index contributed by atoms with van der Waals surface area (Å²) in [5.74, 6) is -0.810. The predicted molar refractivity (Wildman–Crippen MR) is 70.9 cm³/mol. The van der Waals surface area contributed by atoms with Crippen LogP contribution in [0.3, 0.4) is 0 Å². The molecule has 0 saturated carbocycles. The van der Waals surface area contributed by atoms with Crippen LogP contribution in [0.25, 0.3) is 0 Å². The van der Waals surface area contributed by atoms with Gasteiger partial charge in [-0.15, -0.1) is 12.4 Å². The molecule has 0 aromatic carbocycles. The van der Waals surface area contributed by atoms with Gasteiger partial charge in [-0.3, -0.25) is 14.6 Å². The molecule has 0 aliphatic rings. The van der Waals surface area contributed by atoms with E-state index in [9.17, 15) is 9.59 Å². The number of hydrogen-bond donors (Lipinski definition) is 3. The Morgan fingerprint density at radius 3 is 2.56 bits per heavy atom. The first kappa shape index (κ1) is 16.3. The highest BCUT2D eigenvalue weighted by Crippen LogP contribution is 1.99. The van der Waals surface area contributed by atoms with Crippen molar-refractivity contribution in [2.75, 3.05) is 20.1 Å². The highest BCUT2D eigenvalue weighted by Gasteiger charge is 2.07. The number of nitrogens with one attached hydrogen (secondary N) is 2. The summed E-state index contributed by atoms with van der Waals surface area (Å²) >= 11 is 0. The van der Waals surface area contributed by atoms with Crippen LogP contribution in [-0.2, 0) is 0 Å². The molecule has 2 amide bonds. The summed E-state index contributed by atoms with van der Waals surface area (Å²) in [5, 5.41) is 5.71. The number of primary amides is 1. The largest absolute Gasteiger partial charge is 0.366 e. The van der Waals surface area contributed by atoms with Gasteiger partial charge in [0.2, 0.25) is 5.91 Å². The summed E-state index contributed by atoms with van der Waals surface area (Å²) in [6.45, 7) is 1.42. The Hall–Kier alpha value is -1.66. The molecular formula is C11H17ClN4O2. The van der Waals surface area contributed by atoms with E-state index in [4.69, 9.17) is 5.73 Å². The third-order valence-electron chi connectivity index (χ3n) is 2.17. The van der Waals surface area contributed by atoms with Gasteiger partial charge in [0.15, 0.2) is 0 Å². The van der Waals surface area contributed by atoms with Gasteiger partial charge in [0.1, 0.15) is 5.69 Å². The van der Waals surface area contributed by atoms with Crippen LogP contribution in [0.2, 0.25) is 0 Å². The van der Waals surface area contributed by atoms with E-state index in [0.717, 1.165) is 13.0 Å². The van der Waals surface area contributed by atoms with Crippen LogP contribution in [0, 0.1) is 0 Å². The van der Waals surface area contributed by atoms with Crippen molar-refractivity contribution in [3.05, 3.63) is 29.6 Å². The van der Waals surface area contributed by atoms with Crippen LogP contribution < -0.4 is 16.4 Å². The lowest BCUT2D eigenvalue weighted by Gasteiger charge is -2.04. The normalized spacial score (nSPS) is 9.39. The van der Waals surface area contributed by atoms with Crippen molar-refractivity contribution in [3.63, 3.8) is 0 Å². The average molecular weight is 273 g/mol. The molecule has 0 spiro atoms. The van der Waals surface area contributed by atoms with Crippen LogP contribution in [-0.4, -0.2) is 36.9 Å². The van der Waals surface area contributed by atoms with Gasteiger partial charge in [0.25, 0.3) is 5.91 Å². The van der Waals surface area contributed by atoms with Crippen LogP contribution in [0.15, 0.2) is 18.3 Å². The van der Waals surface area contributed by atoms with E-state index in [1.165, 1.54) is 18.3 Å². The number of amides is 2. The molecule has 1 rings (SSSR count). The molecule has 7 heteroatoms. The first-order valence-electron chi connectivity index (χ1n) is 5.34. The molecule has 0 radical (unpaired) electrons. The number of rotatable bonds is 6. The Kier molecular flexibility index (Phi) is 7.66. The molecule has 1 aromatic rings.